The lowest BCUT2D eigenvalue weighted by Gasteiger charge is -2.35. The van der Waals surface area contributed by atoms with Gasteiger partial charge in [0.15, 0.2) is 0 Å². The number of hydrogen-bond donors (Lipinski definition) is 1. The topological polar surface area (TPSA) is 12.0 Å². The molecule has 0 spiro atoms. The van der Waals surface area contributed by atoms with E-state index in [1.54, 1.807) is 0 Å². The standard InChI is InChI=1S/C18H29N/c1-14(2)17-10-6-7-11-18(17)19-13-12-16-9-5-4-8-15(16)3/h4-5,8-9,14,17-19H,6-7,10-13H2,1-3H3. The molecule has 0 aromatic heterocycles. The van der Waals surface area contributed by atoms with Crippen LogP contribution in [0.4, 0.5) is 0 Å². The molecule has 1 saturated carbocycles. The summed E-state index contributed by atoms with van der Waals surface area (Å²) in [5, 5.41) is 3.83. The van der Waals surface area contributed by atoms with E-state index in [0.29, 0.717) is 0 Å². The molecule has 2 unspecified atom stereocenters. The van der Waals surface area contributed by atoms with Crippen molar-refractivity contribution in [2.24, 2.45) is 11.8 Å². The van der Waals surface area contributed by atoms with Crippen LogP contribution in [-0.4, -0.2) is 12.6 Å². The van der Waals surface area contributed by atoms with Crippen LogP contribution in [0.25, 0.3) is 0 Å². The van der Waals surface area contributed by atoms with E-state index in [2.05, 4.69) is 50.4 Å². The van der Waals surface area contributed by atoms with Crippen LogP contribution in [0.15, 0.2) is 24.3 Å². The zero-order valence-electron chi connectivity index (χ0n) is 12.8. The Morgan fingerprint density at radius 1 is 1.16 bits per heavy atom. The molecule has 1 aromatic carbocycles. The molecule has 1 heteroatoms. The van der Waals surface area contributed by atoms with Crippen molar-refractivity contribution in [2.75, 3.05) is 6.54 Å². The molecule has 2 atom stereocenters. The van der Waals surface area contributed by atoms with Gasteiger partial charge in [0.2, 0.25) is 0 Å². The largest absolute Gasteiger partial charge is 0.313 e. The second-order valence-electron chi connectivity index (χ2n) is 6.43. The first-order valence-electron chi connectivity index (χ1n) is 7.96. The molecule has 1 fully saturated rings. The van der Waals surface area contributed by atoms with Crippen LogP contribution in [-0.2, 0) is 6.42 Å². The highest BCUT2D eigenvalue weighted by molar-refractivity contribution is 5.25. The third-order valence-electron chi connectivity index (χ3n) is 4.74. The Labute approximate surface area is 118 Å². The fourth-order valence-corrected chi connectivity index (χ4v) is 3.49. The summed E-state index contributed by atoms with van der Waals surface area (Å²) in [5.74, 6) is 1.70. The molecule has 1 N–H and O–H groups in total. The summed E-state index contributed by atoms with van der Waals surface area (Å²) in [5.41, 5.74) is 2.92. The van der Waals surface area contributed by atoms with Gasteiger partial charge in [0.05, 0.1) is 0 Å². The van der Waals surface area contributed by atoms with Crippen molar-refractivity contribution in [1.82, 2.24) is 5.32 Å². The Bertz CT molecular complexity index is 383. The molecule has 0 heterocycles. The van der Waals surface area contributed by atoms with Crippen molar-refractivity contribution in [3.8, 4) is 0 Å². The van der Waals surface area contributed by atoms with E-state index in [1.165, 1.54) is 36.8 Å². The first-order chi connectivity index (χ1) is 9.18. The lowest BCUT2D eigenvalue weighted by atomic mass is 9.78. The molecule has 1 nitrogen and oxygen atoms in total. The van der Waals surface area contributed by atoms with E-state index in [4.69, 9.17) is 0 Å². The molecule has 1 aliphatic rings. The Morgan fingerprint density at radius 3 is 2.63 bits per heavy atom. The highest BCUT2D eigenvalue weighted by atomic mass is 14.9. The lowest BCUT2D eigenvalue weighted by molar-refractivity contribution is 0.207. The van der Waals surface area contributed by atoms with Gasteiger partial charge in [-0.15, -0.1) is 0 Å². The van der Waals surface area contributed by atoms with Crippen LogP contribution >= 0.6 is 0 Å². The molecule has 0 bridgehead atoms. The summed E-state index contributed by atoms with van der Waals surface area (Å²) in [7, 11) is 0. The third kappa shape index (κ3) is 4.07. The zero-order valence-corrected chi connectivity index (χ0v) is 12.8. The number of rotatable bonds is 5. The first kappa shape index (κ1) is 14.6. The van der Waals surface area contributed by atoms with Crippen LogP contribution in [0.5, 0.6) is 0 Å². The maximum absolute atomic E-state index is 3.83. The summed E-state index contributed by atoms with van der Waals surface area (Å²) in [6.45, 7) is 8.10. The van der Waals surface area contributed by atoms with Crippen molar-refractivity contribution < 1.29 is 0 Å². The second kappa shape index (κ2) is 7.09. The van der Waals surface area contributed by atoms with Crippen LogP contribution in [0, 0.1) is 18.8 Å². The Kier molecular flexibility index (Phi) is 5.45. The van der Waals surface area contributed by atoms with E-state index in [0.717, 1.165) is 30.8 Å². The first-order valence-corrected chi connectivity index (χ1v) is 7.96. The summed E-state index contributed by atoms with van der Waals surface area (Å²) >= 11 is 0. The minimum Gasteiger partial charge on any atom is -0.313 e. The fraction of sp³-hybridized carbons (Fsp3) is 0.667. The number of hydrogen-bond acceptors (Lipinski definition) is 1. The molecule has 106 valence electrons. The molecule has 19 heavy (non-hydrogen) atoms. The van der Waals surface area contributed by atoms with Gasteiger partial charge >= 0.3 is 0 Å². The minimum atomic E-state index is 0.748. The summed E-state index contributed by atoms with van der Waals surface area (Å²) in [6, 6.07) is 9.50. The van der Waals surface area contributed by atoms with Crippen molar-refractivity contribution in [3.63, 3.8) is 0 Å². The summed E-state index contributed by atoms with van der Waals surface area (Å²) in [4.78, 5) is 0. The Balaban J connectivity index is 1.83. The second-order valence-corrected chi connectivity index (χ2v) is 6.43. The van der Waals surface area contributed by atoms with Crippen molar-refractivity contribution in [3.05, 3.63) is 35.4 Å². The highest BCUT2D eigenvalue weighted by Crippen LogP contribution is 2.30. The van der Waals surface area contributed by atoms with Gasteiger partial charge in [0.1, 0.15) is 0 Å². The SMILES string of the molecule is Cc1ccccc1CCNC1CCCCC1C(C)C. The van der Waals surface area contributed by atoms with Crippen LogP contribution in [0.1, 0.15) is 50.7 Å². The molecule has 0 radical (unpaired) electrons. The van der Waals surface area contributed by atoms with Gasteiger partial charge in [-0.3, -0.25) is 0 Å². The maximum atomic E-state index is 3.83. The van der Waals surface area contributed by atoms with Gasteiger partial charge in [-0.2, -0.15) is 0 Å². The van der Waals surface area contributed by atoms with Crippen LogP contribution in [0.2, 0.25) is 0 Å². The van der Waals surface area contributed by atoms with Crippen molar-refractivity contribution in [2.45, 2.75) is 58.9 Å². The molecule has 1 aliphatic carbocycles. The normalized spacial score (nSPS) is 23.8. The van der Waals surface area contributed by atoms with Gasteiger partial charge in [0.25, 0.3) is 0 Å². The van der Waals surface area contributed by atoms with Gasteiger partial charge in [-0.05, 0) is 55.7 Å². The van der Waals surface area contributed by atoms with Gasteiger partial charge in [-0.25, -0.2) is 0 Å². The zero-order chi connectivity index (χ0) is 13.7. The van der Waals surface area contributed by atoms with Crippen molar-refractivity contribution >= 4 is 0 Å². The number of nitrogens with one attached hydrogen (secondary N) is 1. The van der Waals surface area contributed by atoms with E-state index >= 15 is 0 Å². The third-order valence-corrected chi connectivity index (χ3v) is 4.74. The van der Waals surface area contributed by atoms with Gasteiger partial charge in [0, 0.05) is 6.04 Å². The smallest absolute Gasteiger partial charge is 0.00978 e. The average Bonchev–Trinajstić information content (AvgIpc) is 2.41. The quantitative estimate of drug-likeness (QED) is 0.829. The van der Waals surface area contributed by atoms with Gasteiger partial charge < -0.3 is 5.32 Å². The predicted octanol–water partition coefficient (Wildman–Crippen LogP) is 4.34. The molecule has 2 rings (SSSR count). The lowest BCUT2D eigenvalue weighted by Crippen LogP contribution is -2.41. The fourth-order valence-electron chi connectivity index (χ4n) is 3.49. The van der Waals surface area contributed by atoms with Crippen LogP contribution in [0.3, 0.4) is 0 Å². The van der Waals surface area contributed by atoms with E-state index < -0.39 is 0 Å². The summed E-state index contributed by atoms with van der Waals surface area (Å²) in [6.07, 6.45) is 6.79. The molecular weight excluding hydrogens is 230 g/mol. The maximum Gasteiger partial charge on any atom is 0.00978 e. The van der Waals surface area contributed by atoms with Crippen molar-refractivity contribution in [1.29, 1.82) is 0 Å². The van der Waals surface area contributed by atoms with E-state index in [1.807, 2.05) is 0 Å². The molecule has 0 amide bonds. The van der Waals surface area contributed by atoms with E-state index in [-0.39, 0.29) is 0 Å². The Morgan fingerprint density at radius 2 is 1.89 bits per heavy atom. The molecule has 0 saturated heterocycles. The molecule has 0 aliphatic heterocycles. The average molecular weight is 259 g/mol. The monoisotopic (exact) mass is 259 g/mol. The number of aryl methyl sites for hydroxylation is 1. The van der Waals surface area contributed by atoms with Crippen LogP contribution < -0.4 is 5.32 Å². The number of benzene rings is 1. The predicted molar refractivity (Wildman–Crippen MR) is 83.5 cm³/mol. The molecular formula is C18H29N. The minimum absolute atomic E-state index is 0.748. The summed E-state index contributed by atoms with van der Waals surface area (Å²) < 4.78 is 0. The van der Waals surface area contributed by atoms with E-state index in [9.17, 15) is 0 Å². The van der Waals surface area contributed by atoms with Gasteiger partial charge in [-0.1, -0.05) is 51.0 Å². The molecule has 1 aromatic rings. The Hall–Kier alpha value is -0.820. The highest BCUT2D eigenvalue weighted by Gasteiger charge is 2.26.